The number of nitrogens with one attached hydrogen (secondary N) is 3. The molecule has 1 fully saturated rings. The summed E-state index contributed by atoms with van der Waals surface area (Å²) in [4.78, 5) is 21.4. The third-order valence-electron chi connectivity index (χ3n) is 5.89. The Morgan fingerprint density at radius 2 is 2.00 bits per heavy atom. The van der Waals surface area contributed by atoms with Crippen molar-refractivity contribution in [2.24, 2.45) is 4.99 Å². The summed E-state index contributed by atoms with van der Waals surface area (Å²) < 4.78 is 0. The van der Waals surface area contributed by atoms with Crippen molar-refractivity contribution in [3.8, 4) is 0 Å². The largest absolute Gasteiger partial charge is 0.356 e. The van der Waals surface area contributed by atoms with Gasteiger partial charge in [-0.25, -0.2) is 0 Å². The molecule has 3 N–H and O–H groups in total. The molecule has 1 amide bonds. The number of amides is 1. The molecular formula is C21H34N6O. The van der Waals surface area contributed by atoms with Crippen LogP contribution in [0.2, 0.25) is 0 Å². The first-order valence-electron chi connectivity index (χ1n) is 10.4. The summed E-state index contributed by atoms with van der Waals surface area (Å²) in [6, 6.07) is 8.49. The first-order chi connectivity index (χ1) is 13.6. The van der Waals surface area contributed by atoms with E-state index in [-0.39, 0.29) is 11.8 Å². The summed E-state index contributed by atoms with van der Waals surface area (Å²) in [7, 11) is 1.79. The Balaban J connectivity index is 1.47. The number of guanidine groups is 1. The van der Waals surface area contributed by atoms with Crippen LogP contribution >= 0.6 is 0 Å². The van der Waals surface area contributed by atoms with Gasteiger partial charge in [0.05, 0.1) is 0 Å². The molecule has 0 saturated carbocycles. The summed E-state index contributed by atoms with van der Waals surface area (Å²) >= 11 is 0. The molecule has 0 bridgehead atoms. The smallest absolute Gasteiger partial charge is 0.225 e. The number of rotatable bonds is 6. The van der Waals surface area contributed by atoms with E-state index in [1.54, 1.807) is 7.05 Å². The Bertz CT molecular complexity index is 683. The number of carbonyl (C=O) groups is 1. The van der Waals surface area contributed by atoms with Crippen LogP contribution in [0.15, 0.2) is 29.3 Å². The topological polar surface area (TPSA) is 72.0 Å². The van der Waals surface area contributed by atoms with Gasteiger partial charge in [0.1, 0.15) is 0 Å². The van der Waals surface area contributed by atoms with Gasteiger partial charge in [0, 0.05) is 70.4 Å². The molecule has 2 aliphatic heterocycles. The van der Waals surface area contributed by atoms with Gasteiger partial charge in [-0.3, -0.25) is 14.7 Å². The molecule has 2 atom stereocenters. The number of fused-ring (bicyclic) bond motifs is 1. The Morgan fingerprint density at radius 1 is 1.25 bits per heavy atom. The lowest BCUT2D eigenvalue weighted by Crippen LogP contribution is -2.53. The fourth-order valence-corrected chi connectivity index (χ4v) is 4.02. The fraction of sp³-hybridized carbons (Fsp3) is 0.619. The number of nitrogens with zero attached hydrogens (tertiary/aromatic N) is 3. The molecule has 1 aromatic rings. The van der Waals surface area contributed by atoms with E-state index in [0.29, 0.717) is 19.0 Å². The number of aliphatic imine (C=N–C) groups is 1. The van der Waals surface area contributed by atoms with E-state index in [4.69, 9.17) is 0 Å². The van der Waals surface area contributed by atoms with Crippen molar-refractivity contribution in [3.05, 3.63) is 29.8 Å². The van der Waals surface area contributed by atoms with Gasteiger partial charge in [0.2, 0.25) is 5.91 Å². The van der Waals surface area contributed by atoms with Gasteiger partial charge in [-0.05, 0) is 25.1 Å². The molecule has 2 aliphatic rings. The lowest BCUT2D eigenvalue weighted by atomic mass is 9.90. The minimum absolute atomic E-state index is 0.0771. The predicted molar refractivity (Wildman–Crippen MR) is 115 cm³/mol. The molecule has 0 aliphatic carbocycles. The summed E-state index contributed by atoms with van der Waals surface area (Å²) in [6.45, 7) is 11.7. The molecule has 28 heavy (non-hydrogen) atoms. The zero-order chi connectivity index (χ0) is 19.9. The second-order valence-electron chi connectivity index (χ2n) is 7.69. The third kappa shape index (κ3) is 5.23. The average Bonchev–Trinajstić information content (AvgIpc) is 2.73. The van der Waals surface area contributed by atoms with Crippen LogP contribution < -0.4 is 16.0 Å². The van der Waals surface area contributed by atoms with Crippen LogP contribution in [0, 0.1) is 0 Å². The van der Waals surface area contributed by atoms with E-state index >= 15 is 0 Å². The van der Waals surface area contributed by atoms with E-state index in [2.05, 4.69) is 50.7 Å². The van der Waals surface area contributed by atoms with Crippen molar-refractivity contribution < 1.29 is 4.79 Å². The van der Waals surface area contributed by atoms with Crippen LogP contribution in [0.5, 0.6) is 0 Å². The van der Waals surface area contributed by atoms with Crippen molar-refractivity contribution in [1.29, 1.82) is 0 Å². The second-order valence-corrected chi connectivity index (χ2v) is 7.69. The molecule has 0 spiro atoms. The standard InChI is InChI=1S/C21H34N6O/c1-4-26-9-11-27(12-10-26)16(2)14-23-21(22-3)24-15-17-13-20(28)25-19-8-6-5-7-18(17)19/h5-8,16-17H,4,9-15H2,1-3H3,(H,25,28)(H2,22,23,24). The molecule has 7 heteroatoms. The molecular weight excluding hydrogens is 352 g/mol. The van der Waals surface area contributed by atoms with Gasteiger partial charge in [-0.15, -0.1) is 0 Å². The Morgan fingerprint density at radius 3 is 2.71 bits per heavy atom. The van der Waals surface area contributed by atoms with Crippen molar-refractivity contribution in [1.82, 2.24) is 20.4 Å². The molecule has 0 radical (unpaired) electrons. The average molecular weight is 387 g/mol. The van der Waals surface area contributed by atoms with Gasteiger partial charge >= 0.3 is 0 Å². The molecule has 154 valence electrons. The first kappa shape index (κ1) is 20.6. The van der Waals surface area contributed by atoms with Crippen molar-refractivity contribution >= 4 is 17.6 Å². The number of piperazine rings is 1. The monoisotopic (exact) mass is 386 g/mol. The van der Waals surface area contributed by atoms with Crippen LogP contribution in [-0.2, 0) is 4.79 Å². The highest BCUT2D eigenvalue weighted by Gasteiger charge is 2.25. The van der Waals surface area contributed by atoms with Crippen molar-refractivity contribution in [2.45, 2.75) is 32.2 Å². The minimum atomic E-state index is 0.0771. The van der Waals surface area contributed by atoms with E-state index in [1.807, 2.05) is 18.2 Å². The Labute approximate surface area is 168 Å². The summed E-state index contributed by atoms with van der Waals surface area (Å²) in [5.41, 5.74) is 2.11. The number of hydrogen-bond acceptors (Lipinski definition) is 4. The zero-order valence-electron chi connectivity index (χ0n) is 17.4. The summed E-state index contributed by atoms with van der Waals surface area (Å²) in [5.74, 6) is 1.03. The van der Waals surface area contributed by atoms with Crippen LogP contribution in [0.25, 0.3) is 0 Å². The highest BCUT2D eigenvalue weighted by Crippen LogP contribution is 2.31. The fourth-order valence-electron chi connectivity index (χ4n) is 4.02. The van der Waals surface area contributed by atoms with Crippen molar-refractivity contribution in [2.75, 3.05) is 58.2 Å². The van der Waals surface area contributed by atoms with Crippen molar-refractivity contribution in [3.63, 3.8) is 0 Å². The van der Waals surface area contributed by atoms with E-state index < -0.39 is 0 Å². The summed E-state index contributed by atoms with van der Waals surface area (Å²) in [5, 5.41) is 9.81. The van der Waals surface area contributed by atoms with E-state index in [0.717, 1.165) is 50.9 Å². The van der Waals surface area contributed by atoms with Gasteiger partial charge < -0.3 is 20.9 Å². The molecule has 3 rings (SSSR count). The third-order valence-corrected chi connectivity index (χ3v) is 5.89. The van der Waals surface area contributed by atoms with Crippen LogP contribution in [0.1, 0.15) is 31.7 Å². The minimum Gasteiger partial charge on any atom is -0.356 e. The number of likely N-dealkylation sites (N-methyl/N-ethyl adjacent to an activating group) is 1. The van der Waals surface area contributed by atoms with E-state index in [1.165, 1.54) is 5.56 Å². The van der Waals surface area contributed by atoms with Crippen LogP contribution in [-0.4, -0.2) is 80.6 Å². The zero-order valence-corrected chi connectivity index (χ0v) is 17.4. The molecule has 2 unspecified atom stereocenters. The quantitative estimate of drug-likeness (QED) is 0.508. The molecule has 1 saturated heterocycles. The lowest BCUT2D eigenvalue weighted by Gasteiger charge is -2.37. The second kappa shape index (κ2) is 9.89. The van der Waals surface area contributed by atoms with Gasteiger partial charge in [-0.2, -0.15) is 0 Å². The maximum atomic E-state index is 12.0. The number of benzene rings is 1. The Kier molecular flexibility index (Phi) is 7.28. The first-order valence-corrected chi connectivity index (χ1v) is 10.4. The SMILES string of the molecule is CCN1CCN(C(C)CNC(=NC)NCC2CC(=O)Nc3ccccc32)CC1. The van der Waals surface area contributed by atoms with Gasteiger partial charge in [0.15, 0.2) is 5.96 Å². The summed E-state index contributed by atoms with van der Waals surface area (Å²) in [6.07, 6.45) is 0.499. The number of hydrogen-bond donors (Lipinski definition) is 3. The maximum Gasteiger partial charge on any atom is 0.225 e. The molecule has 1 aromatic carbocycles. The van der Waals surface area contributed by atoms with E-state index in [9.17, 15) is 4.79 Å². The highest BCUT2D eigenvalue weighted by molar-refractivity contribution is 5.94. The maximum absolute atomic E-state index is 12.0. The molecule has 2 heterocycles. The van der Waals surface area contributed by atoms with Gasteiger partial charge in [-0.1, -0.05) is 25.1 Å². The predicted octanol–water partition coefficient (Wildman–Crippen LogP) is 1.30. The normalized spacial score (nSPS) is 22.3. The molecule has 7 nitrogen and oxygen atoms in total. The lowest BCUT2D eigenvalue weighted by molar-refractivity contribution is -0.116. The number of carbonyl (C=O) groups excluding carboxylic acids is 1. The highest BCUT2D eigenvalue weighted by atomic mass is 16.1. The van der Waals surface area contributed by atoms with Crippen LogP contribution in [0.4, 0.5) is 5.69 Å². The molecule has 0 aromatic heterocycles. The number of anilines is 1. The van der Waals surface area contributed by atoms with Crippen LogP contribution in [0.3, 0.4) is 0 Å². The Hall–Kier alpha value is -2.12. The van der Waals surface area contributed by atoms with Gasteiger partial charge in [0.25, 0.3) is 0 Å². The number of para-hydroxylation sites is 1.